The van der Waals surface area contributed by atoms with Gasteiger partial charge in [-0.25, -0.2) is 0 Å². The Morgan fingerprint density at radius 1 is 1.44 bits per heavy atom. The van der Waals surface area contributed by atoms with E-state index in [2.05, 4.69) is 20.5 Å². The van der Waals surface area contributed by atoms with Crippen LogP contribution in [-0.4, -0.2) is 21.1 Å². The van der Waals surface area contributed by atoms with E-state index in [0.29, 0.717) is 16.1 Å². The van der Waals surface area contributed by atoms with Crippen molar-refractivity contribution in [1.82, 2.24) is 15.2 Å². The van der Waals surface area contributed by atoms with E-state index in [1.807, 2.05) is 0 Å². The third-order valence-electron chi connectivity index (χ3n) is 2.54. The van der Waals surface area contributed by atoms with E-state index in [1.54, 1.807) is 6.07 Å². The van der Waals surface area contributed by atoms with Crippen LogP contribution < -0.4 is 5.32 Å². The molecular formula is C11H9ClN4OS. The number of carbonyl (C=O) groups is 1. The summed E-state index contributed by atoms with van der Waals surface area (Å²) in [5.74, 6) is 0.216. The van der Waals surface area contributed by atoms with Crippen molar-refractivity contribution in [3.05, 3.63) is 34.1 Å². The lowest BCUT2D eigenvalue weighted by molar-refractivity contribution is 0.102. The molecule has 0 bridgehead atoms. The van der Waals surface area contributed by atoms with Crippen LogP contribution in [0.15, 0.2) is 18.3 Å². The second-order valence-electron chi connectivity index (χ2n) is 4.03. The smallest absolute Gasteiger partial charge is 0.276 e. The highest BCUT2D eigenvalue weighted by Gasteiger charge is 2.27. The maximum atomic E-state index is 11.9. The minimum Gasteiger partial charge on any atom is -0.295 e. The number of pyridine rings is 1. The Morgan fingerprint density at radius 2 is 2.28 bits per heavy atom. The van der Waals surface area contributed by atoms with Gasteiger partial charge < -0.3 is 0 Å². The van der Waals surface area contributed by atoms with Crippen LogP contribution in [0, 0.1) is 0 Å². The second kappa shape index (κ2) is 4.62. The molecule has 1 aliphatic rings. The summed E-state index contributed by atoms with van der Waals surface area (Å²) >= 11 is 7.22. The molecule has 18 heavy (non-hydrogen) atoms. The predicted octanol–water partition coefficient (Wildman–Crippen LogP) is 2.72. The van der Waals surface area contributed by atoms with E-state index in [9.17, 15) is 4.79 Å². The summed E-state index contributed by atoms with van der Waals surface area (Å²) in [4.78, 5) is 15.8. The number of nitrogens with one attached hydrogen (secondary N) is 1. The standard InChI is InChI=1S/C11H9ClN4OS/c12-7-3-4-13-8(5-7)9(17)14-11-16-15-10(18-11)6-1-2-6/h3-6H,1-2H2,(H,14,16,17). The molecule has 3 rings (SSSR count). The van der Waals surface area contributed by atoms with Gasteiger partial charge in [-0.1, -0.05) is 22.9 Å². The quantitative estimate of drug-likeness (QED) is 0.939. The Bertz CT molecular complexity index is 596. The largest absolute Gasteiger partial charge is 0.295 e. The van der Waals surface area contributed by atoms with Crippen LogP contribution in [0.3, 0.4) is 0 Å². The molecule has 0 spiro atoms. The summed E-state index contributed by atoms with van der Waals surface area (Å²) in [7, 11) is 0. The average molecular weight is 281 g/mol. The normalized spacial score (nSPS) is 14.5. The van der Waals surface area contributed by atoms with E-state index in [-0.39, 0.29) is 11.6 Å². The van der Waals surface area contributed by atoms with Crippen molar-refractivity contribution in [3.63, 3.8) is 0 Å². The molecule has 5 nitrogen and oxygen atoms in total. The molecule has 2 aromatic heterocycles. The molecule has 2 aromatic rings. The number of rotatable bonds is 3. The lowest BCUT2D eigenvalue weighted by Gasteiger charge is -1.99. The Balaban J connectivity index is 1.73. The predicted molar refractivity (Wildman–Crippen MR) is 69.1 cm³/mol. The van der Waals surface area contributed by atoms with Gasteiger partial charge in [0.1, 0.15) is 10.7 Å². The third kappa shape index (κ3) is 2.49. The zero-order valence-electron chi connectivity index (χ0n) is 9.26. The summed E-state index contributed by atoms with van der Waals surface area (Å²) in [5, 5.41) is 12.6. The first-order chi connectivity index (χ1) is 8.72. The van der Waals surface area contributed by atoms with Gasteiger partial charge in [0.05, 0.1) is 0 Å². The maximum Gasteiger partial charge on any atom is 0.276 e. The zero-order chi connectivity index (χ0) is 12.5. The van der Waals surface area contributed by atoms with Crippen molar-refractivity contribution in [1.29, 1.82) is 0 Å². The number of carbonyl (C=O) groups excluding carboxylic acids is 1. The lowest BCUT2D eigenvalue weighted by atomic mass is 10.3. The van der Waals surface area contributed by atoms with E-state index in [4.69, 9.17) is 11.6 Å². The van der Waals surface area contributed by atoms with Gasteiger partial charge in [0.25, 0.3) is 5.91 Å². The Kier molecular flexibility index (Phi) is 2.97. The Labute approximate surface area is 112 Å². The molecule has 1 N–H and O–H groups in total. The molecule has 0 radical (unpaired) electrons. The molecule has 1 aliphatic carbocycles. The summed E-state index contributed by atoms with van der Waals surface area (Å²) in [5.41, 5.74) is 0.269. The second-order valence-corrected chi connectivity index (χ2v) is 5.48. The van der Waals surface area contributed by atoms with Crippen LogP contribution in [0.4, 0.5) is 5.13 Å². The molecule has 0 aromatic carbocycles. The Morgan fingerprint density at radius 3 is 3.00 bits per heavy atom. The fourth-order valence-electron chi connectivity index (χ4n) is 1.47. The van der Waals surface area contributed by atoms with Gasteiger partial charge in [-0.3, -0.25) is 15.1 Å². The summed E-state index contributed by atoms with van der Waals surface area (Å²) in [6.07, 6.45) is 3.82. The lowest BCUT2D eigenvalue weighted by Crippen LogP contribution is -2.13. The van der Waals surface area contributed by atoms with E-state index in [0.717, 1.165) is 5.01 Å². The highest BCUT2D eigenvalue weighted by atomic mass is 35.5. The van der Waals surface area contributed by atoms with Crippen LogP contribution in [0.1, 0.15) is 34.3 Å². The third-order valence-corrected chi connectivity index (χ3v) is 3.78. The summed E-state index contributed by atoms with van der Waals surface area (Å²) < 4.78 is 0. The van der Waals surface area contributed by atoms with Crippen LogP contribution in [0.25, 0.3) is 0 Å². The molecule has 0 unspecified atom stereocenters. The molecule has 1 fully saturated rings. The first-order valence-corrected chi connectivity index (χ1v) is 6.68. The van der Waals surface area contributed by atoms with Crippen molar-refractivity contribution >= 4 is 34.0 Å². The fourth-order valence-corrected chi connectivity index (χ4v) is 2.54. The first-order valence-electron chi connectivity index (χ1n) is 5.48. The first kappa shape index (κ1) is 11.6. The van der Waals surface area contributed by atoms with Crippen molar-refractivity contribution in [2.45, 2.75) is 18.8 Å². The number of hydrogen-bond acceptors (Lipinski definition) is 5. The fraction of sp³-hybridized carbons (Fsp3) is 0.273. The van der Waals surface area contributed by atoms with Crippen LogP contribution in [-0.2, 0) is 0 Å². The van der Waals surface area contributed by atoms with Gasteiger partial charge in [0, 0.05) is 17.1 Å². The minimum absolute atomic E-state index is 0.269. The molecule has 0 aliphatic heterocycles. The molecular weight excluding hydrogens is 272 g/mol. The molecule has 1 saturated carbocycles. The monoisotopic (exact) mass is 280 g/mol. The van der Waals surface area contributed by atoms with Crippen LogP contribution >= 0.6 is 22.9 Å². The summed E-state index contributed by atoms with van der Waals surface area (Å²) in [6, 6.07) is 3.13. The van der Waals surface area contributed by atoms with E-state index >= 15 is 0 Å². The zero-order valence-corrected chi connectivity index (χ0v) is 10.8. The minimum atomic E-state index is -0.323. The van der Waals surface area contributed by atoms with Crippen molar-refractivity contribution in [3.8, 4) is 0 Å². The van der Waals surface area contributed by atoms with Gasteiger partial charge >= 0.3 is 0 Å². The number of nitrogens with zero attached hydrogens (tertiary/aromatic N) is 3. The van der Waals surface area contributed by atoms with Crippen molar-refractivity contribution < 1.29 is 4.79 Å². The van der Waals surface area contributed by atoms with Gasteiger partial charge in [-0.15, -0.1) is 10.2 Å². The van der Waals surface area contributed by atoms with E-state index < -0.39 is 0 Å². The van der Waals surface area contributed by atoms with Crippen molar-refractivity contribution in [2.24, 2.45) is 0 Å². The van der Waals surface area contributed by atoms with E-state index in [1.165, 1.54) is 36.4 Å². The summed E-state index contributed by atoms with van der Waals surface area (Å²) in [6.45, 7) is 0. The van der Waals surface area contributed by atoms with Gasteiger partial charge in [-0.2, -0.15) is 0 Å². The van der Waals surface area contributed by atoms with Gasteiger partial charge in [0.2, 0.25) is 5.13 Å². The van der Waals surface area contributed by atoms with Gasteiger partial charge in [-0.05, 0) is 25.0 Å². The Hall–Kier alpha value is -1.53. The molecule has 1 amide bonds. The highest BCUT2D eigenvalue weighted by molar-refractivity contribution is 7.15. The van der Waals surface area contributed by atoms with Crippen LogP contribution in [0.2, 0.25) is 5.02 Å². The molecule has 7 heteroatoms. The van der Waals surface area contributed by atoms with Gasteiger partial charge in [0.15, 0.2) is 0 Å². The SMILES string of the molecule is O=C(Nc1nnc(C2CC2)s1)c1cc(Cl)ccn1. The number of aromatic nitrogens is 3. The number of anilines is 1. The molecule has 92 valence electrons. The molecule has 0 atom stereocenters. The van der Waals surface area contributed by atoms with Crippen LogP contribution in [0.5, 0.6) is 0 Å². The topological polar surface area (TPSA) is 67.8 Å². The number of hydrogen-bond donors (Lipinski definition) is 1. The number of amides is 1. The maximum absolute atomic E-state index is 11.9. The number of halogens is 1. The highest BCUT2D eigenvalue weighted by Crippen LogP contribution is 2.42. The molecule has 2 heterocycles. The average Bonchev–Trinajstić information content (AvgIpc) is 3.11. The van der Waals surface area contributed by atoms with Crippen molar-refractivity contribution in [2.75, 3.05) is 5.32 Å². The molecule has 0 saturated heterocycles.